The molecule has 3 amide bonds. The van der Waals surface area contributed by atoms with Crippen molar-refractivity contribution >= 4 is 40.0 Å². The van der Waals surface area contributed by atoms with Crippen LogP contribution in [0.25, 0.3) is 22.2 Å². The predicted molar refractivity (Wildman–Crippen MR) is 151 cm³/mol. The number of amides is 3. The molecule has 2 aromatic carbocycles. The highest BCUT2D eigenvalue weighted by atomic mass is 16.5. The lowest BCUT2D eigenvalue weighted by Gasteiger charge is -2.10. The molecule has 196 valence electrons. The van der Waals surface area contributed by atoms with E-state index < -0.39 is 6.03 Å². The Labute approximate surface area is 225 Å². The highest BCUT2D eigenvalue weighted by Crippen LogP contribution is 2.30. The summed E-state index contributed by atoms with van der Waals surface area (Å²) in [4.78, 5) is 32.6. The maximum Gasteiger partial charge on any atom is 0.323 e. The SMILES string of the molecule is CC(=O)Nc1cc(Oc2ccc(NC(=O)Nc3cn(C(C)C)nc3-c3ccc4ncccc4c3)cc2)ccn1. The highest BCUT2D eigenvalue weighted by Gasteiger charge is 2.16. The van der Waals surface area contributed by atoms with Crippen molar-refractivity contribution in [2.75, 3.05) is 16.0 Å². The van der Waals surface area contributed by atoms with Gasteiger partial charge in [-0.25, -0.2) is 9.78 Å². The van der Waals surface area contributed by atoms with Crippen molar-refractivity contribution in [3.05, 3.63) is 85.3 Å². The summed E-state index contributed by atoms with van der Waals surface area (Å²) in [5.74, 6) is 1.26. The summed E-state index contributed by atoms with van der Waals surface area (Å²) < 4.78 is 7.66. The number of pyridine rings is 2. The topological polar surface area (TPSA) is 123 Å². The van der Waals surface area contributed by atoms with Crippen molar-refractivity contribution in [2.45, 2.75) is 26.8 Å². The number of urea groups is 1. The molecule has 0 atom stereocenters. The zero-order valence-electron chi connectivity index (χ0n) is 21.7. The molecule has 10 heteroatoms. The normalized spacial score (nSPS) is 10.9. The number of fused-ring (bicyclic) bond motifs is 1. The Kier molecular flexibility index (Phi) is 7.17. The first-order valence-electron chi connectivity index (χ1n) is 12.4. The Morgan fingerprint density at radius 3 is 2.46 bits per heavy atom. The molecular weight excluding hydrogens is 494 g/mol. The molecule has 0 spiro atoms. The van der Waals surface area contributed by atoms with Gasteiger partial charge in [-0.1, -0.05) is 12.1 Å². The molecule has 0 bridgehead atoms. The van der Waals surface area contributed by atoms with E-state index in [1.165, 1.54) is 6.92 Å². The molecule has 3 N–H and O–H groups in total. The number of anilines is 3. The van der Waals surface area contributed by atoms with Crippen LogP contribution in [0.4, 0.5) is 22.0 Å². The molecular formula is C29H27N7O3. The number of nitrogens with zero attached hydrogens (tertiary/aromatic N) is 4. The minimum Gasteiger partial charge on any atom is -0.457 e. The smallest absolute Gasteiger partial charge is 0.323 e. The van der Waals surface area contributed by atoms with Crippen molar-refractivity contribution in [2.24, 2.45) is 0 Å². The van der Waals surface area contributed by atoms with E-state index in [0.717, 1.165) is 16.5 Å². The van der Waals surface area contributed by atoms with Gasteiger partial charge < -0.3 is 20.7 Å². The van der Waals surface area contributed by atoms with Crippen LogP contribution in [0.3, 0.4) is 0 Å². The van der Waals surface area contributed by atoms with Gasteiger partial charge in [0.2, 0.25) is 5.91 Å². The number of aromatic nitrogens is 4. The lowest BCUT2D eigenvalue weighted by molar-refractivity contribution is -0.114. The summed E-state index contributed by atoms with van der Waals surface area (Å²) in [5, 5.41) is 14.1. The second kappa shape index (κ2) is 11.0. The molecule has 0 aliphatic heterocycles. The van der Waals surface area contributed by atoms with Gasteiger partial charge in [-0.3, -0.25) is 14.5 Å². The van der Waals surface area contributed by atoms with E-state index in [2.05, 4.69) is 25.9 Å². The van der Waals surface area contributed by atoms with Crippen LogP contribution >= 0.6 is 0 Å². The first kappa shape index (κ1) is 25.4. The highest BCUT2D eigenvalue weighted by molar-refractivity contribution is 6.02. The third-order valence-electron chi connectivity index (χ3n) is 5.77. The number of hydrogen-bond donors (Lipinski definition) is 3. The number of benzene rings is 2. The van der Waals surface area contributed by atoms with Crippen LogP contribution in [-0.2, 0) is 4.79 Å². The van der Waals surface area contributed by atoms with Gasteiger partial charge in [0, 0.05) is 54.3 Å². The zero-order valence-corrected chi connectivity index (χ0v) is 21.7. The van der Waals surface area contributed by atoms with Gasteiger partial charge in [-0.05, 0) is 62.4 Å². The molecule has 5 aromatic rings. The Bertz CT molecular complexity index is 1640. The standard InChI is InChI=1S/C29H27N7O3/c1-18(2)36-17-26(28(35-36)21-6-11-25-20(15-21)5-4-13-30-25)34-29(38)33-22-7-9-23(10-8-22)39-24-12-14-31-27(16-24)32-19(3)37/h4-18H,1-3H3,(H,31,32,37)(H2,33,34,38). The molecule has 0 saturated carbocycles. The first-order chi connectivity index (χ1) is 18.8. The van der Waals surface area contributed by atoms with E-state index in [0.29, 0.717) is 34.4 Å². The van der Waals surface area contributed by atoms with E-state index >= 15 is 0 Å². The van der Waals surface area contributed by atoms with Crippen LogP contribution in [0.15, 0.2) is 85.3 Å². The van der Waals surface area contributed by atoms with Crippen molar-refractivity contribution in [1.82, 2.24) is 19.7 Å². The van der Waals surface area contributed by atoms with Gasteiger partial charge in [0.1, 0.15) is 23.0 Å². The number of rotatable bonds is 7. The fourth-order valence-electron chi connectivity index (χ4n) is 3.93. The summed E-state index contributed by atoms with van der Waals surface area (Å²) >= 11 is 0. The number of carbonyl (C=O) groups excluding carboxylic acids is 2. The third-order valence-corrected chi connectivity index (χ3v) is 5.77. The number of nitrogens with one attached hydrogen (secondary N) is 3. The number of ether oxygens (including phenoxy) is 1. The monoisotopic (exact) mass is 521 g/mol. The minimum absolute atomic E-state index is 0.117. The maximum absolute atomic E-state index is 12.9. The summed E-state index contributed by atoms with van der Waals surface area (Å²) in [6.45, 7) is 5.47. The number of carbonyl (C=O) groups is 2. The summed E-state index contributed by atoms with van der Waals surface area (Å²) in [6, 6.07) is 19.8. The molecule has 39 heavy (non-hydrogen) atoms. The second-order valence-corrected chi connectivity index (χ2v) is 9.14. The van der Waals surface area contributed by atoms with Crippen molar-refractivity contribution in [1.29, 1.82) is 0 Å². The van der Waals surface area contributed by atoms with E-state index in [9.17, 15) is 9.59 Å². The molecule has 0 unspecified atom stereocenters. The lowest BCUT2D eigenvalue weighted by Crippen LogP contribution is -2.19. The molecule has 0 aliphatic carbocycles. The zero-order chi connectivity index (χ0) is 27.4. The van der Waals surface area contributed by atoms with Gasteiger partial charge in [0.25, 0.3) is 0 Å². The van der Waals surface area contributed by atoms with E-state index in [4.69, 9.17) is 9.84 Å². The quantitative estimate of drug-likeness (QED) is 0.226. The average Bonchev–Trinajstić information content (AvgIpc) is 3.33. The Hall–Kier alpha value is -5.25. The van der Waals surface area contributed by atoms with Gasteiger partial charge in [-0.2, -0.15) is 5.10 Å². The van der Waals surface area contributed by atoms with Crippen LogP contribution in [-0.4, -0.2) is 31.7 Å². The largest absolute Gasteiger partial charge is 0.457 e. The molecule has 0 fully saturated rings. The summed E-state index contributed by atoms with van der Waals surface area (Å²) in [6.07, 6.45) is 5.13. The van der Waals surface area contributed by atoms with Crippen LogP contribution in [0, 0.1) is 0 Å². The van der Waals surface area contributed by atoms with Crippen LogP contribution in [0.2, 0.25) is 0 Å². The van der Waals surface area contributed by atoms with Gasteiger partial charge in [0.15, 0.2) is 0 Å². The van der Waals surface area contributed by atoms with Crippen LogP contribution in [0.1, 0.15) is 26.8 Å². The average molecular weight is 522 g/mol. The fourth-order valence-corrected chi connectivity index (χ4v) is 3.93. The Balaban J connectivity index is 1.29. The molecule has 10 nitrogen and oxygen atoms in total. The molecule has 3 heterocycles. The second-order valence-electron chi connectivity index (χ2n) is 9.14. The van der Waals surface area contributed by atoms with E-state index in [1.807, 2.05) is 55.1 Å². The van der Waals surface area contributed by atoms with Gasteiger partial charge >= 0.3 is 6.03 Å². The van der Waals surface area contributed by atoms with E-state index in [1.54, 1.807) is 48.8 Å². The minimum atomic E-state index is -0.398. The molecule has 3 aromatic heterocycles. The Morgan fingerprint density at radius 1 is 0.872 bits per heavy atom. The summed E-state index contributed by atoms with van der Waals surface area (Å²) in [7, 11) is 0. The molecule has 5 rings (SSSR count). The predicted octanol–water partition coefficient (Wildman–Crippen LogP) is 6.47. The fraction of sp³-hybridized carbons (Fsp3) is 0.138. The van der Waals surface area contributed by atoms with Crippen molar-refractivity contribution in [3.8, 4) is 22.8 Å². The van der Waals surface area contributed by atoms with Crippen molar-refractivity contribution in [3.63, 3.8) is 0 Å². The van der Waals surface area contributed by atoms with Crippen LogP contribution < -0.4 is 20.7 Å². The number of hydrogen-bond acceptors (Lipinski definition) is 6. The molecule has 0 aliphatic rings. The van der Waals surface area contributed by atoms with Gasteiger partial charge in [0.05, 0.1) is 11.2 Å². The molecule has 0 saturated heterocycles. The van der Waals surface area contributed by atoms with Gasteiger partial charge in [-0.15, -0.1) is 0 Å². The van der Waals surface area contributed by atoms with E-state index in [-0.39, 0.29) is 11.9 Å². The Morgan fingerprint density at radius 2 is 1.69 bits per heavy atom. The van der Waals surface area contributed by atoms with Crippen molar-refractivity contribution < 1.29 is 14.3 Å². The first-order valence-corrected chi connectivity index (χ1v) is 12.4. The maximum atomic E-state index is 12.9. The lowest BCUT2D eigenvalue weighted by atomic mass is 10.1. The third kappa shape index (κ3) is 6.19. The summed E-state index contributed by atoms with van der Waals surface area (Å²) in [5.41, 5.74) is 3.62. The molecule has 0 radical (unpaired) electrons. The van der Waals surface area contributed by atoms with Crippen LogP contribution in [0.5, 0.6) is 11.5 Å².